The predicted octanol–water partition coefficient (Wildman–Crippen LogP) is 2.64. The molecule has 0 aromatic carbocycles. The molecule has 1 saturated heterocycles. The molecule has 1 N–H and O–H groups in total. The van der Waals surface area contributed by atoms with Crippen LogP contribution in [0.2, 0.25) is 0 Å². The van der Waals surface area contributed by atoms with Gasteiger partial charge in [0.25, 0.3) is 0 Å². The van der Waals surface area contributed by atoms with E-state index in [2.05, 4.69) is 24.1 Å². The SMILES string of the molecule is CCNC1CCC(N2CCC(C)CC2)CC1. The number of hydrogen-bond donors (Lipinski definition) is 1. The Balaban J connectivity index is 1.72. The van der Waals surface area contributed by atoms with Gasteiger partial charge in [0.15, 0.2) is 0 Å². The largest absolute Gasteiger partial charge is 0.314 e. The summed E-state index contributed by atoms with van der Waals surface area (Å²) in [6.07, 6.45) is 8.48. The summed E-state index contributed by atoms with van der Waals surface area (Å²) in [6, 6.07) is 1.72. The Morgan fingerprint density at radius 3 is 2.19 bits per heavy atom. The molecule has 16 heavy (non-hydrogen) atoms. The molecule has 0 bridgehead atoms. The lowest BCUT2D eigenvalue weighted by Gasteiger charge is -2.40. The molecule has 0 unspecified atom stereocenters. The first-order valence-corrected chi connectivity index (χ1v) is 7.27. The summed E-state index contributed by atoms with van der Waals surface area (Å²) < 4.78 is 0. The number of piperidine rings is 1. The van der Waals surface area contributed by atoms with Crippen LogP contribution in [0, 0.1) is 5.92 Å². The van der Waals surface area contributed by atoms with Crippen LogP contribution in [0.3, 0.4) is 0 Å². The van der Waals surface area contributed by atoms with Crippen molar-refractivity contribution in [3.05, 3.63) is 0 Å². The zero-order valence-corrected chi connectivity index (χ0v) is 11.0. The molecule has 2 fully saturated rings. The molecule has 0 aromatic heterocycles. The predicted molar refractivity (Wildman–Crippen MR) is 69.7 cm³/mol. The Morgan fingerprint density at radius 1 is 1.00 bits per heavy atom. The lowest BCUT2D eigenvalue weighted by atomic mass is 9.88. The summed E-state index contributed by atoms with van der Waals surface area (Å²) in [7, 11) is 0. The van der Waals surface area contributed by atoms with Gasteiger partial charge in [0.05, 0.1) is 0 Å². The van der Waals surface area contributed by atoms with Crippen LogP contribution in [0.1, 0.15) is 52.4 Å². The van der Waals surface area contributed by atoms with E-state index >= 15 is 0 Å². The van der Waals surface area contributed by atoms with Crippen molar-refractivity contribution in [2.75, 3.05) is 19.6 Å². The van der Waals surface area contributed by atoms with Crippen molar-refractivity contribution in [1.29, 1.82) is 0 Å². The third-order valence-electron chi connectivity index (χ3n) is 4.52. The van der Waals surface area contributed by atoms with Gasteiger partial charge in [-0.05, 0) is 64.1 Å². The summed E-state index contributed by atoms with van der Waals surface area (Å²) in [5, 5.41) is 3.60. The minimum Gasteiger partial charge on any atom is -0.314 e. The Bertz CT molecular complexity index is 189. The van der Waals surface area contributed by atoms with Crippen LogP contribution in [0.15, 0.2) is 0 Å². The molecule has 0 spiro atoms. The molecule has 2 heteroatoms. The maximum absolute atomic E-state index is 3.60. The molecule has 1 aliphatic heterocycles. The molecule has 2 nitrogen and oxygen atoms in total. The van der Waals surface area contributed by atoms with Gasteiger partial charge >= 0.3 is 0 Å². The van der Waals surface area contributed by atoms with Crippen LogP contribution >= 0.6 is 0 Å². The van der Waals surface area contributed by atoms with Gasteiger partial charge in [0.1, 0.15) is 0 Å². The van der Waals surface area contributed by atoms with Crippen molar-refractivity contribution < 1.29 is 0 Å². The third kappa shape index (κ3) is 3.21. The zero-order chi connectivity index (χ0) is 11.4. The van der Waals surface area contributed by atoms with Crippen molar-refractivity contribution in [3.8, 4) is 0 Å². The Hall–Kier alpha value is -0.0800. The molecule has 1 heterocycles. The highest BCUT2D eigenvalue weighted by atomic mass is 15.2. The lowest BCUT2D eigenvalue weighted by molar-refractivity contribution is 0.103. The van der Waals surface area contributed by atoms with Crippen LogP contribution in [0.25, 0.3) is 0 Å². The van der Waals surface area contributed by atoms with Crippen LogP contribution in [-0.4, -0.2) is 36.6 Å². The van der Waals surface area contributed by atoms with E-state index in [1.165, 1.54) is 51.6 Å². The zero-order valence-electron chi connectivity index (χ0n) is 11.0. The van der Waals surface area contributed by atoms with Gasteiger partial charge in [-0.15, -0.1) is 0 Å². The Labute approximate surface area is 101 Å². The third-order valence-corrected chi connectivity index (χ3v) is 4.52. The number of nitrogens with zero attached hydrogens (tertiary/aromatic N) is 1. The fourth-order valence-electron chi connectivity index (χ4n) is 3.33. The van der Waals surface area contributed by atoms with E-state index in [9.17, 15) is 0 Å². The molecule has 1 aliphatic carbocycles. The van der Waals surface area contributed by atoms with Gasteiger partial charge in [-0.2, -0.15) is 0 Å². The van der Waals surface area contributed by atoms with E-state index in [-0.39, 0.29) is 0 Å². The molecular formula is C14H28N2. The smallest absolute Gasteiger partial charge is 0.00964 e. The average Bonchev–Trinajstić information content (AvgIpc) is 2.32. The van der Waals surface area contributed by atoms with Crippen molar-refractivity contribution in [3.63, 3.8) is 0 Å². The second-order valence-electron chi connectivity index (χ2n) is 5.78. The molecular weight excluding hydrogens is 196 g/mol. The highest BCUT2D eigenvalue weighted by Gasteiger charge is 2.27. The van der Waals surface area contributed by atoms with E-state index in [1.54, 1.807) is 0 Å². The second kappa shape index (κ2) is 6.02. The highest BCUT2D eigenvalue weighted by Crippen LogP contribution is 2.27. The second-order valence-corrected chi connectivity index (χ2v) is 5.78. The van der Waals surface area contributed by atoms with E-state index < -0.39 is 0 Å². The van der Waals surface area contributed by atoms with Crippen LogP contribution in [0.5, 0.6) is 0 Å². The summed E-state index contributed by atoms with van der Waals surface area (Å²) in [6.45, 7) is 8.48. The van der Waals surface area contributed by atoms with Gasteiger partial charge in [-0.25, -0.2) is 0 Å². The summed E-state index contributed by atoms with van der Waals surface area (Å²) in [4.78, 5) is 2.77. The number of hydrogen-bond acceptors (Lipinski definition) is 2. The number of nitrogens with one attached hydrogen (secondary N) is 1. The van der Waals surface area contributed by atoms with Gasteiger partial charge in [-0.3, -0.25) is 0 Å². The first kappa shape index (κ1) is 12.4. The van der Waals surface area contributed by atoms with Crippen LogP contribution < -0.4 is 5.32 Å². The van der Waals surface area contributed by atoms with Crippen molar-refractivity contribution in [2.45, 2.75) is 64.5 Å². The first-order valence-electron chi connectivity index (χ1n) is 7.27. The standard InChI is InChI=1S/C14H28N2/c1-3-15-13-4-6-14(7-5-13)16-10-8-12(2)9-11-16/h12-15H,3-11H2,1-2H3. The maximum atomic E-state index is 3.60. The Morgan fingerprint density at radius 2 is 1.62 bits per heavy atom. The average molecular weight is 224 g/mol. The highest BCUT2D eigenvalue weighted by molar-refractivity contribution is 4.84. The number of likely N-dealkylation sites (tertiary alicyclic amines) is 1. The van der Waals surface area contributed by atoms with Gasteiger partial charge < -0.3 is 10.2 Å². The Kier molecular flexibility index (Phi) is 4.66. The maximum Gasteiger partial charge on any atom is 0.00964 e. The normalized spacial score (nSPS) is 34.1. The number of rotatable bonds is 3. The van der Waals surface area contributed by atoms with Crippen LogP contribution in [-0.2, 0) is 0 Å². The van der Waals surface area contributed by atoms with Crippen molar-refractivity contribution >= 4 is 0 Å². The topological polar surface area (TPSA) is 15.3 Å². The van der Waals surface area contributed by atoms with E-state index in [1.807, 2.05) is 0 Å². The minimum atomic E-state index is 0.810. The van der Waals surface area contributed by atoms with E-state index in [0.29, 0.717) is 0 Å². The summed E-state index contributed by atoms with van der Waals surface area (Å²) in [5.41, 5.74) is 0. The molecule has 94 valence electrons. The first-order chi connectivity index (χ1) is 7.79. The lowest BCUT2D eigenvalue weighted by Crippen LogP contribution is -2.45. The van der Waals surface area contributed by atoms with Gasteiger partial charge in [0.2, 0.25) is 0 Å². The molecule has 0 amide bonds. The minimum absolute atomic E-state index is 0.810. The van der Waals surface area contributed by atoms with E-state index in [4.69, 9.17) is 0 Å². The fraction of sp³-hybridized carbons (Fsp3) is 1.00. The fourth-order valence-corrected chi connectivity index (χ4v) is 3.33. The molecule has 2 aliphatic rings. The van der Waals surface area contributed by atoms with Gasteiger partial charge in [0, 0.05) is 12.1 Å². The molecule has 0 aromatic rings. The van der Waals surface area contributed by atoms with Gasteiger partial charge in [-0.1, -0.05) is 13.8 Å². The molecule has 1 saturated carbocycles. The summed E-state index contributed by atoms with van der Waals surface area (Å²) >= 11 is 0. The van der Waals surface area contributed by atoms with Crippen molar-refractivity contribution in [2.24, 2.45) is 5.92 Å². The van der Waals surface area contributed by atoms with Crippen molar-refractivity contribution in [1.82, 2.24) is 10.2 Å². The quantitative estimate of drug-likeness (QED) is 0.793. The van der Waals surface area contributed by atoms with Crippen LogP contribution in [0.4, 0.5) is 0 Å². The monoisotopic (exact) mass is 224 g/mol. The van der Waals surface area contributed by atoms with E-state index in [0.717, 1.165) is 24.5 Å². The summed E-state index contributed by atoms with van der Waals surface area (Å²) in [5.74, 6) is 0.967. The molecule has 0 radical (unpaired) electrons. The molecule has 2 rings (SSSR count). The molecule has 0 atom stereocenters.